The van der Waals surface area contributed by atoms with Gasteiger partial charge in [-0.1, -0.05) is 0 Å². The van der Waals surface area contributed by atoms with Crippen LogP contribution in [0.25, 0.3) is 0 Å². The van der Waals surface area contributed by atoms with E-state index in [9.17, 15) is 4.79 Å². The van der Waals surface area contributed by atoms with Crippen LogP contribution in [-0.2, 0) is 11.2 Å². The molecule has 0 aromatic carbocycles. The number of rotatable bonds is 6. The standard InChI is InChI=1S/C15H24N4OS.2ClH/c20-14(10-12-4-3-6-16-12)17-7-5-13-11-21-15(18-13)19-8-1-2-9-19;;/h11-12,16H,1-10H2,(H,17,20);2*1H. The first-order valence-corrected chi connectivity index (χ1v) is 8.88. The lowest BCUT2D eigenvalue weighted by molar-refractivity contribution is -0.121. The van der Waals surface area contributed by atoms with Crippen molar-refractivity contribution in [2.24, 2.45) is 0 Å². The normalized spacial score (nSPS) is 20.0. The topological polar surface area (TPSA) is 57.3 Å². The summed E-state index contributed by atoms with van der Waals surface area (Å²) in [5, 5.41) is 9.63. The average molecular weight is 381 g/mol. The fourth-order valence-corrected chi connectivity index (χ4v) is 3.94. The van der Waals surface area contributed by atoms with E-state index in [1.165, 1.54) is 19.3 Å². The van der Waals surface area contributed by atoms with Gasteiger partial charge in [0.25, 0.3) is 0 Å². The maximum Gasteiger partial charge on any atom is 0.221 e. The molecule has 2 fully saturated rings. The summed E-state index contributed by atoms with van der Waals surface area (Å²) < 4.78 is 0. The van der Waals surface area contributed by atoms with Gasteiger partial charge in [0.05, 0.1) is 5.69 Å². The van der Waals surface area contributed by atoms with Gasteiger partial charge in [0.2, 0.25) is 5.91 Å². The monoisotopic (exact) mass is 380 g/mol. The second-order valence-electron chi connectivity index (χ2n) is 5.91. The van der Waals surface area contributed by atoms with Crippen LogP contribution in [0.5, 0.6) is 0 Å². The number of aromatic nitrogens is 1. The lowest BCUT2D eigenvalue weighted by Crippen LogP contribution is -2.32. The summed E-state index contributed by atoms with van der Waals surface area (Å²) in [4.78, 5) is 18.9. The molecule has 2 aliphatic heterocycles. The molecule has 1 amide bonds. The molecule has 2 saturated heterocycles. The van der Waals surface area contributed by atoms with Gasteiger partial charge in [-0.15, -0.1) is 36.2 Å². The highest BCUT2D eigenvalue weighted by atomic mass is 35.5. The smallest absolute Gasteiger partial charge is 0.221 e. The number of halogens is 2. The van der Waals surface area contributed by atoms with E-state index in [0.29, 0.717) is 19.0 Å². The van der Waals surface area contributed by atoms with E-state index in [4.69, 9.17) is 0 Å². The third kappa shape index (κ3) is 6.10. The van der Waals surface area contributed by atoms with Crippen LogP contribution in [0.3, 0.4) is 0 Å². The zero-order valence-electron chi connectivity index (χ0n) is 13.3. The van der Waals surface area contributed by atoms with Gasteiger partial charge >= 0.3 is 0 Å². The van der Waals surface area contributed by atoms with Crippen LogP contribution in [-0.4, -0.2) is 43.1 Å². The minimum absolute atomic E-state index is 0. The van der Waals surface area contributed by atoms with Crippen molar-refractivity contribution in [3.8, 4) is 0 Å². The van der Waals surface area contributed by atoms with Crippen molar-refractivity contribution in [3.63, 3.8) is 0 Å². The Morgan fingerprint density at radius 2 is 2.13 bits per heavy atom. The minimum atomic E-state index is 0. The van der Waals surface area contributed by atoms with Crippen LogP contribution in [0.1, 0.15) is 37.8 Å². The number of nitrogens with zero attached hydrogens (tertiary/aromatic N) is 2. The zero-order chi connectivity index (χ0) is 14.5. The zero-order valence-corrected chi connectivity index (χ0v) is 15.7. The minimum Gasteiger partial charge on any atom is -0.356 e. The van der Waals surface area contributed by atoms with Gasteiger partial charge in [0.1, 0.15) is 0 Å². The van der Waals surface area contributed by atoms with Gasteiger partial charge in [0.15, 0.2) is 5.13 Å². The molecule has 1 aromatic rings. The molecule has 0 saturated carbocycles. The molecule has 0 spiro atoms. The van der Waals surface area contributed by atoms with Gasteiger partial charge in [0, 0.05) is 43.9 Å². The third-order valence-electron chi connectivity index (χ3n) is 4.21. The van der Waals surface area contributed by atoms with Crippen LogP contribution in [0.2, 0.25) is 0 Å². The van der Waals surface area contributed by atoms with Crippen molar-refractivity contribution >= 4 is 47.2 Å². The first-order valence-electron chi connectivity index (χ1n) is 8.01. The molecule has 8 heteroatoms. The number of nitrogens with one attached hydrogen (secondary N) is 2. The number of anilines is 1. The molecular weight excluding hydrogens is 355 g/mol. The second-order valence-corrected chi connectivity index (χ2v) is 6.75. The SMILES string of the molecule is Cl.Cl.O=C(CC1CCCN1)NCCc1csc(N2CCCC2)n1. The highest BCUT2D eigenvalue weighted by Crippen LogP contribution is 2.24. The van der Waals surface area contributed by atoms with Crippen LogP contribution < -0.4 is 15.5 Å². The fraction of sp³-hybridized carbons (Fsp3) is 0.733. The maximum atomic E-state index is 11.8. The summed E-state index contributed by atoms with van der Waals surface area (Å²) in [6, 6.07) is 0.381. The molecule has 3 rings (SSSR count). The number of amides is 1. The second kappa shape index (κ2) is 10.3. The van der Waals surface area contributed by atoms with Crippen molar-refractivity contribution in [3.05, 3.63) is 11.1 Å². The van der Waals surface area contributed by atoms with Gasteiger partial charge in [-0.3, -0.25) is 4.79 Å². The Morgan fingerprint density at radius 1 is 1.35 bits per heavy atom. The maximum absolute atomic E-state index is 11.8. The van der Waals surface area contributed by atoms with Gasteiger partial charge < -0.3 is 15.5 Å². The van der Waals surface area contributed by atoms with Crippen LogP contribution in [0.15, 0.2) is 5.38 Å². The van der Waals surface area contributed by atoms with Crippen molar-refractivity contribution < 1.29 is 4.79 Å². The molecule has 2 aliphatic rings. The van der Waals surface area contributed by atoms with Crippen molar-refractivity contribution in [2.45, 2.75) is 44.6 Å². The Bertz CT molecular complexity index is 474. The lowest BCUT2D eigenvalue weighted by atomic mass is 10.1. The predicted molar refractivity (Wildman–Crippen MR) is 100 cm³/mol. The number of thiazole rings is 1. The highest BCUT2D eigenvalue weighted by molar-refractivity contribution is 7.13. The Hall–Kier alpha value is -0.560. The summed E-state index contributed by atoms with van der Waals surface area (Å²) in [6.45, 7) is 4.01. The molecule has 2 N–H and O–H groups in total. The summed E-state index contributed by atoms with van der Waals surface area (Å²) in [5.74, 6) is 0.157. The summed E-state index contributed by atoms with van der Waals surface area (Å²) in [7, 11) is 0. The molecule has 0 radical (unpaired) electrons. The van der Waals surface area contributed by atoms with E-state index in [-0.39, 0.29) is 30.7 Å². The number of hydrogen-bond acceptors (Lipinski definition) is 5. The largest absolute Gasteiger partial charge is 0.356 e. The molecule has 23 heavy (non-hydrogen) atoms. The molecule has 132 valence electrons. The Morgan fingerprint density at radius 3 is 2.83 bits per heavy atom. The van der Waals surface area contributed by atoms with Gasteiger partial charge in [-0.2, -0.15) is 0 Å². The van der Waals surface area contributed by atoms with E-state index in [0.717, 1.165) is 43.3 Å². The van der Waals surface area contributed by atoms with Crippen LogP contribution in [0.4, 0.5) is 5.13 Å². The van der Waals surface area contributed by atoms with Gasteiger partial charge in [-0.05, 0) is 32.2 Å². The fourth-order valence-electron chi connectivity index (χ4n) is 3.02. The van der Waals surface area contributed by atoms with E-state index in [2.05, 4.69) is 25.9 Å². The van der Waals surface area contributed by atoms with Crippen LogP contribution >= 0.6 is 36.2 Å². The molecule has 1 atom stereocenters. The molecule has 0 bridgehead atoms. The molecule has 5 nitrogen and oxygen atoms in total. The molecular formula is C15H26Cl2N4OS. The van der Waals surface area contributed by atoms with Crippen molar-refractivity contribution in [1.82, 2.24) is 15.6 Å². The molecule has 3 heterocycles. The molecule has 1 unspecified atom stereocenters. The van der Waals surface area contributed by atoms with E-state index >= 15 is 0 Å². The van der Waals surface area contributed by atoms with E-state index in [1.807, 2.05) is 0 Å². The van der Waals surface area contributed by atoms with Crippen molar-refractivity contribution in [2.75, 3.05) is 31.1 Å². The van der Waals surface area contributed by atoms with E-state index in [1.54, 1.807) is 11.3 Å². The van der Waals surface area contributed by atoms with E-state index < -0.39 is 0 Å². The van der Waals surface area contributed by atoms with Crippen molar-refractivity contribution in [1.29, 1.82) is 0 Å². The van der Waals surface area contributed by atoms with Crippen LogP contribution in [0, 0.1) is 0 Å². The lowest BCUT2D eigenvalue weighted by Gasteiger charge is -2.12. The third-order valence-corrected chi connectivity index (χ3v) is 5.16. The average Bonchev–Trinajstić information content (AvgIpc) is 3.21. The Labute approximate surface area is 154 Å². The summed E-state index contributed by atoms with van der Waals surface area (Å²) >= 11 is 1.72. The Kier molecular flexibility index (Phi) is 9.20. The molecule has 1 aromatic heterocycles. The first kappa shape index (κ1) is 20.5. The van der Waals surface area contributed by atoms with Gasteiger partial charge in [-0.25, -0.2) is 4.98 Å². The summed E-state index contributed by atoms with van der Waals surface area (Å²) in [5.41, 5.74) is 1.10. The number of carbonyl (C=O) groups excluding carboxylic acids is 1. The summed E-state index contributed by atoms with van der Waals surface area (Å²) in [6.07, 6.45) is 6.30. The quantitative estimate of drug-likeness (QED) is 0.795. The highest BCUT2D eigenvalue weighted by Gasteiger charge is 2.18. The number of carbonyl (C=O) groups is 1. The Balaban J connectivity index is 0.00000132. The predicted octanol–water partition coefficient (Wildman–Crippen LogP) is 2.39. The first-order chi connectivity index (χ1) is 10.3. The molecule has 0 aliphatic carbocycles. The number of hydrogen-bond donors (Lipinski definition) is 2.